The highest BCUT2D eigenvalue weighted by atomic mass is 16.5. The van der Waals surface area contributed by atoms with Crippen LogP contribution in [0.4, 0.5) is 0 Å². The van der Waals surface area contributed by atoms with Gasteiger partial charge in [0.05, 0.1) is 18.2 Å². The fourth-order valence-electron chi connectivity index (χ4n) is 4.22. The Morgan fingerprint density at radius 2 is 1.51 bits per heavy atom. The van der Waals surface area contributed by atoms with Crippen LogP contribution in [-0.4, -0.2) is 90.3 Å². The van der Waals surface area contributed by atoms with Gasteiger partial charge in [-0.2, -0.15) is 0 Å². The lowest BCUT2D eigenvalue weighted by atomic mass is 9.88. The van der Waals surface area contributed by atoms with Crippen molar-refractivity contribution in [1.82, 2.24) is 21.3 Å². The van der Waals surface area contributed by atoms with Crippen LogP contribution in [-0.2, 0) is 28.7 Å². The third-order valence-electron chi connectivity index (χ3n) is 6.27. The van der Waals surface area contributed by atoms with Gasteiger partial charge in [0.15, 0.2) is 0 Å². The Labute approximate surface area is 229 Å². The molecule has 8 N–H and O–H groups in total. The quantitative estimate of drug-likeness (QED) is 0.102. The smallest absolute Gasteiger partial charge is 0.331 e. The van der Waals surface area contributed by atoms with Crippen LogP contribution < -0.4 is 27.0 Å². The first kappa shape index (κ1) is 34.0. The van der Waals surface area contributed by atoms with E-state index in [4.69, 9.17) is 15.6 Å². The zero-order valence-electron chi connectivity index (χ0n) is 23.0. The lowest BCUT2D eigenvalue weighted by molar-refractivity contribution is -0.133. The number of aliphatic hydroxyl groups is 1. The first-order valence-electron chi connectivity index (χ1n) is 13.6. The molecule has 0 spiro atoms. The molecule has 0 radical (unpaired) electrons. The number of hydrogen-bond donors (Lipinski definition) is 7. The first-order chi connectivity index (χ1) is 18.5. The van der Waals surface area contributed by atoms with E-state index in [1.54, 1.807) is 6.08 Å². The molecule has 222 valence electrons. The van der Waals surface area contributed by atoms with E-state index in [-0.39, 0.29) is 61.8 Å². The number of amides is 4. The molecule has 0 aliphatic heterocycles. The number of carboxylic acid groups (broad SMARTS) is 1. The lowest BCUT2D eigenvalue weighted by Crippen LogP contribution is -2.57. The number of unbranched alkanes of at least 4 members (excludes halogenated alkanes) is 4. The number of nitrogens with one attached hydrogen (secondary N) is 4. The molecule has 1 rings (SSSR count). The van der Waals surface area contributed by atoms with E-state index in [1.807, 2.05) is 6.92 Å². The second kappa shape index (κ2) is 19.1. The number of nitrogens with two attached hydrogens (primary N) is 1. The maximum absolute atomic E-state index is 11.9. The molecule has 39 heavy (non-hydrogen) atoms. The minimum atomic E-state index is -1.03. The molecule has 1 unspecified atom stereocenters. The van der Waals surface area contributed by atoms with Crippen molar-refractivity contribution in [3.8, 4) is 0 Å². The average Bonchev–Trinajstić information content (AvgIpc) is 2.88. The molecule has 1 aliphatic rings. The molecule has 4 amide bonds. The van der Waals surface area contributed by atoms with Gasteiger partial charge in [0, 0.05) is 51.0 Å². The molecule has 1 aliphatic carbocycles. The Morgan fingerprint density at radius 1 is 0.949 bits per heavy atom. The van der Waals surface area contributed by atoms with Crippen molar-refractivity contribution in [3.63, 3.8) is 0 Å². The number of aliphatic carboxylic acids is 1. The van der Waals surface area contributed by atoms with Crippen molar-refractivity contribution in [1.29, 1.82) is 0 Å². The molecule has 0 saturated carbocycles. The Morgan fingerprint density at radius 3 is 2.10 bits per heavy atom. The van der Waals surface area contributed by atoms with E-state index in [2.05, 4.69) is 21.3 Å². The number of carbonyl (C=O) groups excluding carboxylic acids is 4. The van der Waals surface area contributed by atoms with Gasteiger partial charge >= 0.3 is 5.97 Å². The number of rotatable bonds is 19. The van der Waals surface area contributed by atoms with Crippen LogP contribution in [0, 0.1) is 0 Å². The summed E-state index contributed by atoms with van der Waals surface area (Å²) in [7, 11) is 0. The van der Waals surface area contributed by atoms with Crippen LogP contribution in [0.1, 0.15) is 71.6 Å². The lowest BCUT2D eigenvalue weighted by Gasteiger charge is -2.36. The molecule has 13 heteroatoms. The summed E-state index contributed by atoms with van der Waals surface area (Å²) in [6.07, 6.45) is 6.57. The molecule has 0 heterocycles. The largest absolute Gasteiger partial charge is 0.478 e. The number of carbonyl (C=O) groups is 5. The molecule has 13 nitrogen and oxygen atoms in total. The van der Waals surface area contributed by atoms with E-state index in [1.165, 1.54) is 6.92 Å². The fourth-order valence-corrected chi connectivity index (χ4v) is 4.22. The predicted molar refractivity (Wildman–Crippen MR) is 143 cm³/mol. The molecule has 4 atom stereocenters. The second-order valence-electron chi connectivity index (χ2n) is 9.77. The number of ether oxygens (including phenoxy) is 1. The van der Waals surface area contributed by atoms with Gasteiger partial charge < -0.3 is 42.0 Å². The molecule has 0 saturated heterocycles. The zero-order valence-corrected chi connectivity index (χ0v) is 23.0. The van der Waals surface area contributed by atoms with Crippen LogP contribution in [0.25, 0.3) is 0 Å². The van der Waals surface area contributed by atoms with E-state index in [0.29, 0.717) is 6.54 Å². The van der Waals surface area contributed by atoms with Crippen molar-refractivity contribution >= 4 is 29.6 Å². The third kappa shape index (κ3) is 15.2. The van der Waals surface area contributed by atoms with E-state index in [0.717, 1.165) is 38.5 Å². The van der Waals surface area contributed by atoms with Crippen molar-refractivity contribution in [2.75, 3.05) is 26.2 Å². The second-order valence-corrected chi connectivity index (χ2v) is 9.77. The third-order valence-corrected chi connectivity index (χ3v) is 6.27. The Hall–Kier alpha value is -3.03. The SMILES string of the molecule is CC(=O)N[C@@H]1[C@@H](N)CC(C(=O)O)=C[C@H]1OC(C)CCCCCCCNC(=O)CCC(=O)NCCNC(=O)CO. The van der Waals surface area contributed by atoms with Crippen molar-refractivity contribution < 1.29 is 38.9 Å². The summed E-state index contributed by atoms with van der Waals surface area (Å²) in [5.74, 6) is -2.26. The highest BCUT2D eigenvalue weighted by Crippen LogP contribution is 2.23. The maximum Gasteiger partial charge on any atom is 0.331 e. The molecular weight excluding hydrogens is 510 g/mol. The van der Waals surface area contributed by atoms with Gasteiger partial charge in [-0.1, -0.05) is 25.7 Å². The summed E-state index contributed by atoms with van der Waals surface area (Å²) in [6, 6.07) is -1.03. The van der Waals surface area contributed by atoms with Gasteiger partial charge in [-0.15, -0.1) is 0 Å². The summed E-state index contributed by atoms with van der Waals surface area (Å²) in [6.45, 7) is 3.69. The van der Waals surface area contributed by atoms with Crippen LogP contribution >= 0.6 is 0 Å². The van der Waals surface area contributed by atoms with Gasteiger partial charge in [0.1, 0.15) is 6.61 Å². The van der Waals surface area contributed by atoms with E-state index < -0.39 is 36.7 Å². The molecular formula is C26H45N5O8. The molecule has 0 fully saturated rings. The summed E-state index contributed by atoms with van der Waals surface area (Å²) < 4.78 is 6.07. The summed E-state index contributed by atoms with van der Waals surface area (Å²) >= 11 is 0. The van der Waals surface area contributed by atoms with Crippen LogP contribution in [0.2, 0.25) is 0 Å². The summed E-state index contributed by atoms with van der Waals surface area (Å²) in [5, 5.41) is 28.5. The standard InChI is InChI=1S/C26H45N5O8/c1-17(39-21-15-19(26(37)38)14-20(27)25(21)31-18(2)33)8-6-4-3-5-7-11-28-22(34)9-10-23(35)29-12-13-30-24(36)16-32/h15,17,20-21,25,32H,3-14,16,27H2,1-2H3,(H,28,34)(H,29,35)(H,30,36)(H,31,33)(H,37,38)/t17?,20-,21+,25+/m0/s1. The van der Waals surface area contributed by atoms with Crippen LogP contribution in [0.15, 0.2) is 11.6 Å². The van der Waals surface area contributed by atoms with Gasteiger partial charge in [-0.05, 0) is 32.3 Å². The minimum Gasteiger partial charge on any atom is -0.478 e. The van der Waals surface area contributed by atoms with Gasteiger partial charge in [-0.3, -0.25) is 19.2 Å². The highest BCUT2D eigenvalue weighted by Gasteiger charge is 2.35. The molecule has 0 bridgehead atoms. The van der Waals surface area contributed by atoms with Gasteiger partial charge in [0.2, 0.25) is 23.6 Å². The topological polar surface area (TPSA) is 209 Å². The van der Waals surface area contributed by atoms with Crippen molar-refractivity contribution in [3.05, 3.63) is 11.6 Å². The van der Waals surface area contributed by atoms with Crippen LogP contribution in [0.5, 0.6) is 0 Å². The molecule has 0 aromatic rings. The Bertz CT molecular complexity index is 850. The minimum absolute atomic E-state index is 0.0613. The highest BCUT2D eigenvalue weighted by molar-refractivity contribution is 5.87. The average molecular weight is 556 g/mol. The number of carboxylic acids is 1. The normalized spacial score (nSPS) is 19.4. The maximum atomic E-state index is 11.9. The summed E-state index contributed by atoms with van der Waals surface area (Å²) in [5.41, 5.74) is 6.32. The first-order valence-corrected chi connectivity index (χ1v) is 13.6. The van der Waals surface area contributed by atoms with Gasteiger partial charge in [0.25, 0.3) is 0 Å². The fraction of sp³-hybridized carbons (Fsp3) is 0.731. The van der Waals surface area contributed by atoms with Crippen molar-refractivity contribution in [2.24, 2.45) is 5.73 Å². The Kier molecular flexibility index (Phi) is 16.6. The molecule has 0 aromatic heterocycles. The monoisotopic (exact) mass is 555 g/mol. The number of hydrogen-bond acceptors (Lipinski definition) is 8. The molecule has 0 aromatic carbocycles. The van der Waals surface area contributed by atoms with Crippen molar-refractivity contribution in [2.45, 2.75) is 95.9 Å². The van der Waals surface area contributed by atoms with Gasteiger partial charge in [-0.25, -0.2) is 4.79 Å². The number of aliphatic hydroxyl groups excluding tert-OH is 1. The Balaban J connectivity index is 2.16. The summed E-state index contributed by atoms with van der Waals surface area (Å²) in [4.78, 5) is 57.5. The van der Waals surface area contributed by atoms with E-state index >= 15 is 0 Å². The van der Waals surface area contributed by atoms with E-state index in [9.17, 15) is 29.1 Å². The van der Waals surface area contributed by atoms with Crippen LogP contribution in [0.3, 0.4) is 0 Å². The zero-order chi connectivity index (χ0) is 29.2. The predicted octanol–water partition coefficient (Wildman–Crippen LogP) is -0.531.